The van der Waals surface area contributed by atoms with Crippen molar-refractivity contribution in [2.24, 2.45) is 11.8 Å². The molecule has 21 heavy (non-hydrogen) atoms. The number of nitrogens with one attached hydrogen (secondary N) is 1. The van der Waals surface area contributed by atoms with Crippen LogP contribution in [0.3, 0.4) is 0 Å². The van der Waals surface area contributed by atoms with E-state index in [-0.39, 0.29) is 0 Å². The van der Waals surface area contributed by atoms with Crippen molar-refractivity contribution in [2.45, 2.75) is 45.1 Å². The van der Waals surface area contributed by atoms with E-state index in [2.05, 4.69) is 47.5 Å². The minimum absolute atomic E-state index is 0.439. The summed E-state index contributed by atoms with van der Waals surface area (Å²) in [4.78, 5) is 8.80. The molecule has 1 fully saturated rings. The van der Waals surface area contributed by atoms with Gasteiger partial charge >= 0.3 is 0 Å². The third-order valence-electron chi connectivity index (χ3n) is 5.10. The Morgan fingerprint density at radius 1 is 1.10 bits per heavy atom. The van der Waals surface area contributed by atoms with Crippen molar-refractivity contribution in [3.05, 3.63) is 36.2 Å². The maximum Gasteiger partial charge on any atom is 0.0890 e. The number of rotatable bonds is 4. The summed E-state index contributed by atoms with van der Waals surface area (Å²) in [6.07, 6.45) is 10.3. The van der Waals surface area contributed by atoms with E-state index in [9.17, 15) is 0 Å². The van der Waals surface area contributed by atoms with Gasteiger partial charge in [0.1, 0.15) is 0 Å². The summed E-state index contributed by atoms with van der Waals surface area (Å²) in [6, 6.07) is 6.95. The normalized spacial score (nSPS) is 24.1. The Labute approximate surface area is 127 Å². The van der Waals surface area contributed by atoms with Gasteiger partial charge in [-0.3, -0.25) is 9.97 Å². The summed E-state index contributed by atoms with van der Waals surface area (Å²) in [7, 11) is 2.08. The lowest BCUT2D eigenvalue weighted by Gasteiger charge is -2.33. The molecule has 0 radical (unpaired) electrons. The quantitative estimate of drug-likeness (QED) is 0.917. The molecule has 3 rings (SSSR count). The van der Waals surface area contributed by atoms with Crippen LogP contribution in [-0.2, 0) is 0 Å². The number of fused-ring (bicyclic) bond motifs is 1. The summed E-state index contributed by atoms with van der Waals surface area (Å²) in [5, 5.41) is 3.54. The standard InChI is InChI=1S/C18H25N3/c1-3-13-4-6-14(7-5-13)18(19-2)15-8-9-16-17(12-15)21-11-10-20-16/h8-14,18-19H,3-7H2,1-2H3. The molecule has 0 bridgehead atoms. The van der Waals surface area contributed by atoms with E-state index in [1.54, 1.807) is 12.4 Å². The second-order valence-electron chi connectivity index (χ2n) is 6.26. The lowest BCUT2D eigenvalue weighted by molar-refractivity contribution is 0.224. The van der Waals surface area contributed by atoms with Crippen LogP contribution >= 0.6 is 0 Å². The average Bonchev–Trinajstić information content (AvgIpc) is 2.56. The average molecular weight is 283 g/mol. The summed E-state index contributed by atoms with van der Waals surface area (Å²) < 4.78 is 0. The van der Waals surface area contributed by atoms with Crippen molar-refractivity contribution in [3.8, 4) is 0 Å². The minimum Gasteiger partial charge on any atom is -0.313 e. The Hall–Kier alpha value is -1.48. The number of hydrogen-bond acceptors (Lipinski definition) is 3. The summed E-state index contributed by atoms with van der Waals surface area (Å²) in [6.45, 7) is 2.32. The minimum atomic E-state index is 0.439. The molecule has 1 saturated carbocycles. The van der Waals surface area contributed by atoms with Crippen LogP contribution in [0.5, 0.6) is 0 Å². The van der Waals surface area contributed by atoms with E-state index in [4.69, 9.17) is 0 Å². The van der Waals surface area contributed by atoms with Crippen LogP contribution < -0.4 is 5.32 Å². The van der Waals surface area contributed by atoms with Gasteiger partial charge in [0.25, 0.3) is 0 Å². The maximum atomic E-state index is 4.44. The van der Waals surface area contributed by atoms with Crippen molar-refractivity contribution >= 4 is 11.0 Å². The predicted molar refractivity (Wildman–Crippen MR) is 87.1 cm³/mol. The molecule has 1 aromatic heterocycles. The fraction of sp³-hybridized carbons (Fsp3) is 0.556. The summed E-state index contributed by atoms with van der Waals surface area (Å²) in [5.41, 5.74) is 3.33. The lowest BCUT2D eigenvalue weighted by Crippen LogP contribution is -2.28. The molecule has 3 heteroatoms. The fourth-order valence-corrected chi connectivity index (χ4v) is 3.78. The molecular formula is C18H25N3. The van der Waals surface area contributed by atoms with Crippen LogP contribution in [0.2, 0.25) is 0 Å². The molecule has 0 spiro atoms. The van der Waals surface area contributed by atoms with Crippen molar-refractivity contribution < 1.29 is 0 Å². The monoisotopic (exact) mass is 283 g/mol. The maximum absolute atomic E-state index is 4.44. The molecule has 0 aliphatic heterocycles. The van der Waals surface area contributed by atoms with Gasteiger partial charge in [-0.2, -0.15) is 0 Å². The van der Waals surface area contributed by atoms with Gasteiger partial charge in [-0.1, -0.05) is 32.3 Å². The molecule has 0 saturated heterocycles. The first-order chi connectivity index (χ1) is 10.3. The van der Waals surface area contributed by atoms with Crippen LogP contribution in [0.4, 0.5) is 0 Å². The van der Waals surface area contributed by atoms with E-state index in [0.717, 1.165) is 22.9 Å². The van der Waals surface area contributed by atoms with Crippen molar-refractivity contribution in [1.82, 2.24) is 15.3 Å². The molecule has 1 aliphatic carbocycles. The first kappa shape index (κ1) is 14.5. The molecule has 1 atom stereocenters. The number of benzene rings is 1. The van der Waals surface area contributed by atoms with Crippen molar-refractivity contribution in [1.29, 1.82) is 0 Å². The Morgan fingerprint density at radius 3 is 2.48 bits per heavy atom. The number of nitrogens with zero attached hydrogens (tertiary/aromatic N) is 2. The van der Waals surface area contributed by atoms with Gasteiger partial charge in [0, 0.05) is 18.4 Å². The molecule has 2 aromatic rings. The molecule has 1 unspecified atom stereocenters. The van der Waals surface area contributed by atoms with Gasteiger partial charge in [-0.05, 0) is 49.4 Å². The van der Waals surface area contributed by atoms with Crippen LogP contribution in [0.1, 0.15) is 50.6 Å². The highest BCUT2D eigenvalue weighted by molar-refractivity contribution is 5.74. The van der Waals surface area contributed by atoms with E-state index >= 15 is 0 Å². The highest BCUT2D eigenvalue weighted by Crippen LogP contribution is 2.38. The van der Waals surface area contributed by atoms with Crippen LogP contribution in [0.25, 0.3) is 11.0 Å². The van der Waals surface area contributed by atoms with E-state index < -0.39 is 0 Å². The number of hydrogen-bond donors (Lipinski definition) is 1. The zero-order chi connectivity index (χ0) is 14.7. The number of aromatic nitrogens is 2. The first-order valence-electron chi connectivity index (χ1n) is 8.19. The fourth-order valence-electron chi connectivity index (χ4n) is 3.78. The zero-order valence-electron chi connectivity index (χ0n) is 13.0. The zero-order valence-corrected chi connectivity index (χ0v) is 13.0. The van der Waals surface area contributed by atoms with Gasteiger partial charge < -0.3 is 5.32 Å². The molecular weight excluding hydrogens is 258 g/mol. The highest BCUT2D eigenvalue weighted by atomic mass is 14.9. The molecule has 1 N–H and O–H groups in total. The van der Waals surface area contributed by atoms with Crippen LogP contribution in [0.15, 0.2) is 30.6 Å². The molecule has 1 aliphatic rings. The van der Waals surface area contributed by atoms with Crippen molar-refractivity contribution in [2.75, 3.05) is 7.05 Å². The predicted octanol–water partition coefficient (Wildman–Crippen LogP) is 4.11. The van der Waals surface area contributed by atoms with E-state index in [1.165, 1.54) is 37.7 Å². The molecule has 112 valence electrons. The topological polar surface area (TPSA) is 37.8 Å². The first-order valence-corrected chi connectivity index (χ1v) is 8.19. The lowest BCUT2D eigenvalue weighted by atomic mass is 9.76. The second-order valence-corrected chi connectivity index (χ2v) is 6.26. The largest absolute Gasteiger partial charge is 0.313 e. The van der Waals surface area contributed by atoms with Gasteiger partial charge in [0.05, 0.1) is 11.0 Å². The van der Waals surface area contributed by atoms with Gasteiger partial charge in [0.2, 0.25) is 0 Å². The van der Waals surface area contributed by atoms with Crippen LogP contribution in [-0.4, -0.2) is 17.0 Å². The Morgan fingerprint density at radius 2 is 1.81 bits per heavy atom. The highest BCUT2D eigenvalue weighted by Gasteiger charge is 2.27. The van der Waals surface area contributed by atoms with Gasteiger partial charge in [-0.25, -0.2) is 0 Å². The SMILES string of the molecule is CCC1CCC(C(NC)c2ccc3nccnc3c2)CC1. The van der Waals surface area contributed by atoms with Crippen molar-refractivity contribution in [3.63, 3.8) is 0 Å². The van der Waals surface area contributed by atoms with Gasteiger partial charge in [0.15, 0.2) is 0 Å². The summed E-state index contributed by atoms with van der Waals surface area (Å²) >= 11 is 0. The van der Waals surface area contributed by atoms with E-state index in [1.807, 2.05) is 0 Å². The molecule has 1 aromatic carbocycles. The molecule has 1 heterocycles. The smallest absolute Gasteiger partial charge is 0.0890 e. The second kappa shape index (κ2) is 6.52. The summed E-state index contributed by atoms with van der Waals surface area (Å²) in [5.74, 6) is 1.69. The Kier molecular flexibility index (Phi) is 4.49. The third kappa shape index (κ3) is 3.08. The Bertz CT molecular complexity index is 588. The van der Waals surface area contributed by atoms with Crippen LogP contribution in [0, 0.1) is 11.8 Å². The third-order valence-corrected chi connectivity index (χ3v) is 5.10. The Balaban J connectivity index is 1.81. The molecule has 0 amide bonds. The molecule has 3 nitrogen and oxygen atoms in total. The van der Waals surface area contributed by atoms with Gasteiger partial charge in [-0.15, -0.1) is 0 Å². The van der Waals surface area contributed by atoms with E-state index in [0.29, 0.717) is 6.04 Å².